The number of halogens is 2. The largest absolute Gasteiger partial charge is 0.465 e. The van der Waals surface area contributed by atoms with Crippen LogP contribution in [-0.4, -0.2) is 13.1 Å². The molecule has 0 radical (unpaired) electrons. The van der Waals surface area contributed by atoms with E-state index in [1.54, 1.807) is 6.92 Å². The maximum absolute atomic E-state index is 11.2. The Balaban J connectivity index is 3.40. The summed E-state index contributed by atoms with van der Waals surface area (Å²) in [5.41, 5.74) is 6.71. The highest BCUT2D eigenvalue weighted by Gasteiger charge is 2.16. The SMILES string of the molecule is COC(=O)c1cc(N)c(Cl)c(C)c1Cl. The molecule has 76 valence electrons. The zero-order valence-electron chi connectivity index (χ0n) is 7.73. The second-order valence-electron chi connectivity index (χ2n) is 2.76. The number of hydrogen-bond donors (Lipinski definition) is 1. The molecule has 0 unspecified atom stereocenters. The number of rotatable bonds is 1. The standard InChI is InChI=1S/C9H9Cl2NO2/c1-4-7(10)5(9(13)14-2)3-6(12)8(4)11/h3H,12H2,1-2H3. The van der Waals surface area contributed by atoms with Crippen molar-refractivity contribution >= 4 is 34.9 Å². The number of hydrogen-bond acceptors (Lipinski definition) is 3. The van der Waals surface area contributed by atoms with E-state index in [1.165, 1.54) is 13.2 Å². The molecule has 1 aromatic carbocycles. The number of carbonyl (C=O) groups is 1. The molecule has 3 nitrogen and oxygen atoms in total. The molecule has 1 rings (SSSR count). The Labute approximate surface area is 91.7 Å². The van der Waals surface area contributed by atoms with E-state index >= 15 is 0 Å². The van der Waals surface area contributed by atoms with Crippen LogP contribution in [0.5, 0.6) is 0 Å². The van der Waals surface area contributed by atoms with E-state index in [0.717, 1.165) is 0 Å². The number of ether oxygens (including phenoxy) is 1. The Morgan fingerprint density at radius 3 is 2.50 bits per heavy atom. The van der Waals surface area contributed by atoms with Crippen LogP contribution < -0.4 is 5.73 Å². The van der Waals surface area contributed by atoms with E-state index in [4.69, 9.17) is 28.9 Å². The Morgan fingerprint density at radius 1 is 1.43 bits per heavy atom. The average Bonchev–Trinajstić information content (AvgIpc) is 2.19. The normalized spacial score (nSPS) is 10.0. The van der Waals surface area contributed by atoms with Gasteiger partial charge >= 0.3 is 5.97 Å². The zero-order chi connectivity index (χ0) is 10.9. The van der Waals surface area contributed by atoms with Crippen molar-refractivity contribution in [1.29, 1.82) is 0 Å². The first-order chi connectivity index (χ1) is 6.49. The van der Waals surface area contributed by atoms with Crippen molar-refractivity contribution < 1.29 is 9.53 Å². The van der Waals surface area contributed by atoms with E-state index in [0.29, 0.717) is 16.3 Å². The summed E-state index contributed by atoms with van der Waals surface area (Å²) in [5.74, 6) is -0.526. The van der Waals surface area contributed by atoms with Gasteiger partial charge in [0.1, 0.15) is 0 Å². The van der Waals surface area contributed by atoms with Gasteiger partial charge in [-0.05, 0) is 18.6 Å². The number of methoxy groups -OCH3 is 1. The lowest BCUT2D eigenvalue weighted by atomic mass is 10.1. The summed E-state index contributed by atoms with van der Waals surface area (Å²) in [5, 5.41) is 0.638. The highest BCUT2D eigenvalue weighted by molar-refractivity contribution is 6.39. The van der Waals surface area contributed by atoms with E-state index in [2.05, 4.69) is 4.74 Å². The molecule has 0 atom stereocenters. The average molecular weight is 234 g/mol. The van der Waals surface area contributed by atoms with Crippen molar-refractivity contribution in [2.45, 2.75) is 6.92 Å². The van der Waals surface area contributed by atoms with Gasteiger partial charge in [0.2, 0.25) is 0 Å². The molecule has 0 aliphatic carbocycles. The van der Waals surface area contributed by atoms with Crippen molar-refractivity contribution in [3.05, 3.63) is 27.2 Å². The minimum Gasteiger partial charge on any atom is -0.465 e. The van der Waals surface area contributed by atoms with Crippen LogP contribution in [0.1, 0.15) is 15.9 Å². The second-order valence-corrected chi connectivity index (χ2v) is 3.51. The summed E-state index contributed by atoms with van der Waals surface area (Å²) >= 11 is 11.7. The lowest BCUT2D eigenvalue weighted by molar-refractivity contribution is 0.0601. The number of carbonyl (C=O) groups excluding carboxylic acids is 1. The molecule has 0 saturated carbocycles. The van der Waals surface area contributed by atoms with Crippen molar-refractivity contribution in [1.82, 2.24) is 0 Å². The van der Waals surface area contributed by atoms with Gasteiger partial charge in [-0.2, -0.15) is 0 Å². The molecule has 0 fully saturated rings. The van der Waals surface area contributed by atoms with Gasteiger partial charge in [-0.3, -0.25) is 0 Å². The van der Waals surface area contributed by atoms with Crippen LogP contribution in [0.15, 0.2) is 6.07 Å². The van der Waals surface area contributed by atoms with E-state index in [-0.39, 0.29) is 10.6 Å². The summed E-state index contributed by atoms with van der Waals surface area (Å²) < 4.78 is 4.54. The fourth-order valence-electron chi connectivity index (χ4n) is 1.06. The van der Waals surface area contributed by atoms with Crippen molar-refractivity contribution in [3.63, 3.8) is 0 Å². The molecule has 0 spiro atoms. The molecule has 0 amide bonds. The van der Waals surface area contributed by atoms with Crippen LogP contribution >= 0.6 is 23.2 Å². The predicted octanol–water partition coefficient (Wildman–Crippen LogP) is 2.67. The first kappa shape index (κ1) is 11.1. The van der Waals surface area contributed by atoms with E-state index < -0.39 is 5.97 Å². The highest BCUT2D eigenvalue weighted by Crippen LogP contribution is 2.32. The van der Waals surface area contributed by atoms with Gasteiger partial charge in [0.25, 0.3) is 0 Å². The molecule has 0 bridgehead atoms. The molecule has 5 heteroatoms. The van der Waals surface area contributed by atoms with Crippen LogP contribution in [0.3, 0.4) is 0 Å². The van der Waals surface area contributed by atoms with Gasteiger partial charge in [0.15, 0.2) is 0 Å². The summed E-state index contributed by atoms with van der Waals surface area (Å²) in [7, 11) is 1.28. The van der Waals surface area contributed by atoms with Gasteiger partial charge in [-0.1, -0.05) is 23.2 Å². The van der Waals surface area contributed by atoms with Gasteiger partial charge < -0.3 is 10.5 Å². The van der Waals surface area contributed by atoms with Crippen molar-refractivity contribution in [2.24, 2.45) is 0 Å². The third-order valence-corrected chi connectivity index (χ3v) is 2.84. The van der Waals surface area contributed by atoms with Gasteiger partial charge in [-0.25, -0.2) is 4.79 Å². The number of nitrogen functional groups attached to an aromatic ring is 1. The summed E-state index contributed by atoms with van der Waals surface area (Å²) in [6.07, 6.45) is 0. The van der Waals surface area contributed by atoms with Crippen molar-refractivity contribution in [2.75, 3.05) is 12.8 Å². The third kappa shape index (κ3) is 1.79. The maximum atomic E-state index is 11.2. The van der Waals surface area contributed by atoms with Crippen LogP contribution in [-0.2, 0) is 4.74 Å². The number of esters is 1. The summed E-state index contributed by atoms with van der Waals surface area (Å²) in [6.45, 7) is 1.69. The zero-order valence-corrected chi connectivity index (χ0v) is 9.24. The number of benzene rings is 1. The predicted molar refractivity (Wildman–Crippen MR) is 57.0 cm³/mol. The lowest BCUT2D eigenvalue weighted by Crippen LogP contribution is -2.05. The first-order valence-electron chi connectivity index (χ1n) is 3.81. The highest BCUT2D eigenvalue weighted by atomic mass is 35.5. The van der Waals surface area contributed by atoms with Crippen LogP contribution in [0.25, 0.3) is 0 Å². The van der Waals surface area contributed by atoms with Crippen molar-refractivity contribution in [3.8, 4) is 0 Å². The molecule has 0 aliphatic rings. The molecular formula is C9H9Cl2NO2. The third-order valence-electron chi connectivity index (χ3n) is 1.85. The molecule has 14 heavy (non-hydrogen) atoms. The second kappa shape index (κ2) is 4.07. The van der Waals surface area contributed by atoms with Gasteiger partial charge in [-0.15, -0.1) is 0 Å². The Bertz CT molecular complexity index is 391. The Kier molecular flexibility index (Phi) is 3.24. The number of nitrogens with two attached hydrogens (primary N) is 1. The smallest absolute Gasteiger partial charge is 0.339 e. The first-order valence-corrected chi connectivity index (χ1v) is 4.57. The molecule has 0 aromatic heterocycles. The van der Waals surface area contributed by atoms with Gasteiger partial charge in [0, 0.05) is 0 Å². The van der Waals surface area contributed by atoms with Crippen LogP contribution in [0.4, 0.5) is 5.69 Å². The Hall–Kier alpha value is -0.930. The van der Waals surface area contributed by atoms with Gasteiger partial charge in [0.05, 0.1) is 28.4 Å². The lowest BCUT2D eigenvalue weighted by Gasteiger charge is -2.09. The topological polar surface area (TPSA) is 52.3 Å². The Morgan fingerprint density at radius 2 is 2.00 bits per heavy atom. The molecule has 0 heterocycles. The molecular weight excluding hydrogens is 225 g/mol. The maximum Gasteiger partial charge on any atom is 0.339 e. The summed E-state index contributed by atoms with van der Waals surface area (Å²) in [4.78, 5) is 11.2. The molecule has 2 N–H and O–H groups in total. The molecule has 1 aromatic rings. The van der Waals surface area contributed by atoms with E-state index in [9.17, 15) is 4.79 Å². The monoisotopic (exact) mass is 233 g/mol. The van der Waals surface area contributed by atoms with Crippen LogP contribution in [0, 0.1) is 6.92 Å². The number of anilines is 1. The fraction of sp³-hybridized carbons (Fsp3) is 0.222. The van der Waals surface area contributed by atoms with E-state index in [1.807, 2.05) is 0 Å². The van der Waals surface area contributed by atoms with Crippen LogP contribution in [0.2, 0.25) is 10.0 Å². The molecule has 0 aliphatic heterocycles. The molecule has 0 saturated heterocycles. The fourth-order valence-corrected chi connectivity index (χ4v) is 1.48. The minimum atomic E-state index is -0.526. The summed E-state index contributed by atoms with van der Waals surface area (Å²) in [6, 6.07) is 1.41. The quantitative estimate of drug-likeness (QED) is 0.600. The minimum absolute atomic E-state index is 0.230.